The van der Waals surface area contributed by atoms with Crippen LogP contribution in [-0.2, 0) is 6.54 Å². The Bertz CT molecular complexity index is 380. The Labute approximate surface area is 114 Å². The third kappa shape index (κ3) is 4.39. The van der Waals surface area contributed by atoms with Crippen molar-refractivity contribution in [3.05, 3.63) is 22.7 Å². The highest BCUT2D eigenvalue weighted by Gasteiger charge is 2.12. The van der Waals surface area contributed by atoms with Crippen LogP contribution in [0.25, 0.3) is 0 Å². The summed E-state index contributed by atoms with van der Waals surface area (Å²) in [7, 11) is 0. The van der Waals surface area contributed by atoms with Crippen LogP contribution in [0.5, 0.6) is 11.5 Å². The van der Waals surface area contributed by atoms with E-state index in [4.69, 9.17) is 21.1 Å². The minimum Gasteiger partial charge on any atom is -0.490 e. The van der Waals surface area contributed by atoms with Gasteiger partial charge < -0.3 is 14.8 Å². The fraction of sp³-hybridized carbons (Fsp3) is 0.571. The van der Waals surface area contributed by atoms with Gasteiger partial charge >= 0.3 is 0 Å². The topological polar surface area (TPSA) is 30.5 Å². The lowest BCUT2D eigenvalue weighted by molar-refractivity contribution is 0.287. The molecular weight excluding hydrogens is 250 g/mol. The normalized spacial score (nSPS) is 10.8. The maximum Gasteiger partial charge on any atom is 0.179 e. The van der Waals surface area contributed by atoms with Gasteiger partial charge in [0.15, 0.2) is 11.5 Å². The zero-order chi connectivity index (χ0) is 13.5. The molecule has 0 aliphatic heterocycles. The third-order valence-electron chi connectivity index (χ3n) is 2.37. The molecule has 0 atom stereocenters. The van der Waals surface area contributed by atoms with Crippen LogP contribution >= 0.6 is 11.6 Å². The van der Waals surface area contributed by atoms with E-state index < -0.39 is 0 Å². The predicted molar refractivity (Wildman–Crippen MR) is 75.8 cm³/mol. The average molecular weight is 272 g/mol. The first-order chi connectivity index (χ1) is 8.58. The van der Waals surface area contributed by atoms with E-state index in [-0.39, 0.29) is 0 Å². The highest BCUT2D eigenvalue weighted by molar-refractivity contribution is 6.32. The van der Waals surface area contributed by atoms with Crippen molar-refractivity contribution < 1.29 is 9.47 Å². The molecule has 0 bridgehead atoms. The summed E-state index contributed by atoms with van der Waals surface area (Å²) < 4.78 is 11.1. The molecular formula is C14H22ClNO2. The quantitative estimate of drug-likeness (QED) is 0.821. The summed E-state index contributed by atoms with van der Waals surface area (Å²) >= 11 is 6.23. The van der Waals surface area contributed by atoms with Crippen molar-refractivity contribution in [1.29, 1.82) is 0 Å². The van der Waals surface area contributed by atoms with E-state index in [1.807, 2.05) is 26.0 Å². The lowest BCUT2D eigenvalue weighted by Gasteiger charge is -2.15. The lowest BCUT2D eigenvalue weighted by Crippen LogP contribution is -2.21. The molecule has 4 heteroatoms. The summed E-state index contributed by atoms with van der Waals surface area (Å²) in [6, 6.07) is 4.34. The number of benzene rings is 1. The molecule has 0 spiro atoms. The molecule has 0 aliphatic carbocycles. The molecule has 0 aromatic heterocycles. The molecule has 0 aliphatic rings. The molecule has 18 heavy (non-hydrogen) atoms. The van der Waals surface area contributed by atoms with Gasteiger partial charge in [-0.3, -0.25) is 0 Å². The van der Waals surface area contributed by atoms with Crippen LogP contribution in [0.2, 0.25) is 5.02 Å². The van der Waals surface area contributed by atoms with Crippen molar-refractivity contribution in [1.82, 2.24) is 5.32 Å². The van der Waals surface area contributed by atoms with Crippen LogP contribution in [0.4, 0.5) is 0 Å². The summed E-state index contributed by atoms with van der Waals surface area (Å²) in [5.41, 5.74) is 1.10. The number of hydrogen-bond donors (Lipinski definition) is 1. The molecule has 102 valence electrons. The van der Waals surface area contributed by atoms with Crippen LogP contribution in [0, 0.1) is 0 Å². The first kappa shape index (κ1) is 15.1. The number of hydrogen-bond acceptors (Lipinski definition) is 3. The highest BCUT2D eigenvalue weighted by Crippen LogP contribution is 2.36. The fourth-order valence-electron chi connectivity index (χ4n) is 1.59. The van der Waals surface area contributed by atoms with Gasteiger partial charge in [0.05, 0.1) is 18.2 Å². The summed E-state index contributed by atoms with van der Waals surface area (Å²) in [6.07, 6.45) is 0. The number of halogens is 1. The van der Waals surface area contributed by atoms with Crippen LogP contribution < -0.4 is 14.8 Å². The van der Waals surface area contributed by atoms with Gasteiger partial charge in [0.2, 0.25) is 0 Å². The van der Waals surface area contributed by atoms with Crippen molar-refractivity contribution in [2.45, 2.75) is 40.3 Å². The molecule has 0 fully saturated rings. The Morgan fingerprint density at radius 1 is 1.17 bits per heavy atom. The van der Waals surface area contributed by atoms with E-state index in [1.54, 1.807) is 0 Å². The van der Waals surface area contributed by atoms with Gasteiger partial charge in [-0.1, -0.05) is 25.4 Å². The van der Waals surface area contributed by atoms with Crippen LogP contribution in [0.3, 0.4) is 0 Å². The minimum absolute atomic E-state index is 0.436. The maximum atomic E-state index is 6.23. The Morgan fingerprint density at radius 3 is 2.39 bits per heavy atom. The second-order valence-electron chi connectivity index (χ2n) is 4.31. The smallest absolute Gasteiger partial charge is 0.179 e. The molecule has 3 nitrogen and oxygen atoms in total. The van der Waals surface area contributed by atoms with Crippen molar-refractivity contribution >= 4 is 11.6 Å². The fourth-order valence-corrected chi connectivity index (χ4v) is 1.88. The van der Waals surface area contributed by atoms with Crippen molar-refractivity contribution in [2.75, 3.05) is 13.2 Å². The Hall–Kier alpha value is -0.930. The molecule has 1 rings (SSSR count). The molecule has 0 unspecified atom stereocenters. The third-order valence-corrected chi connectivity index (χ3v) is 2.65. The monoisotopic (exact) mass is 271 g/mol. The van der Waals surface area contributed by atoms with E-state index in [0.717, 1.165) is 12.1 Å². The maximum absolute atomic E-state index is 6.23. The summed E-state index contributed by atoms with van der Waals surface area (Å²) in [6.45, 7) is 10.0. The van der Waals surface area contributed by atoms with Gasteiger partial charge in [-0.05, 0) is 31.5 Å². The molecule has 0 amide bonds. The summed E-state index contributed by atoms with van der Waals surface area (Å²) in [5, 5.41) is 3.96. The zero-order valence-corrected chi connectivity index (χ0v) is 12.3. The van der Waals surface area contributed by atoms with Gasteiger partial charge in [0.1, 0.15) is 0 Å². The van der Waals surface area contributed by atoms with E-state index in [0.29, 0.717) is 35.8 Å². The summed E-state index contributed by atoms with van der Waals surface area (Å²) in [5.74, 6) is 1.35. The molecule has 0 radical (unpaired) electrons. The lowest BCUT2D eigenvalue weighted by atomic mass is 10.2. The van der Waals surface area contributed by atoms with Gasteiger partial charge in [-0.15, -0.1) is 0 Å². The molecule has 0 saturated carbocycles. The molecule has 1 aromatic carbocycles. The first-order valence-corrected chi connectivity index (χ1v) is 6.77. The van der Waals surface area contributed by atoms with Gasteiger partial charge in [-0.2, -0.15) is 0 Å². The summed E-state index contributed by atoms with van der Waals surface area (Å²) in [4.78, 5) is 0. The minimum atomic E-state index is 0.436. The van der Waals surface area contributed by atoms with Crippen LogP contribution in [0.15, 0.2) is 12.1 Å². The van der Waals surface area contributed by atoms with Crippen LogP contribution in [0.1, 0.15) is 33.3 Å². The molecule has 0 saturated heterocycles. The standard InChI is InChI=1S/C14H22ClNO2/c1-5-17-13-8-11(9-16-10(3)4)7-12(15)14(13)18-6-2/h7-8,10,16H,5-6,9H2,1-4H3. The van der Waals surface area contributed by atoms with Crippen molar-refractivity contribution in [3.8, 4) is 11.5 Å². The van der Waals surface area contributed by atoms with E-state index in [2.05, 4.69) is 19.2 Å². The Morgan fingerprint density at radius 2 is 1.83 bits per heavy atom. The number of ether oxygens (including phenoxy) is 2. The average Bonchev–Trinajstić information content (AvgIpc) is 2.31. The molecule has 1 N–H and O–H groups in total. The zero-order valence-electron chi connectivity index (χ0n) is 11.5. The van der Waals surface area contributed by atoms with Crippen LogP contribution in [-0.4, -0.2) is 19.3 Å². The number of nitrogens with one attached hydrogen (secondary N) is 1. The second kappa shape index (κ2) is 7.49. The van der Waals surface area contributed by atoms with Gasteiger partial charge in [0.25, 0.3) is 0 Å². The molecule has 0 heterocycles. The largest absolute Gasteiger partial charge is 0.490 e. The van der Waals surface area contributed by atoms with Gasteiger partial charge in [-0.25, -0.2) is 0 Å². The van der Waals surface area contributed by atoms with E-state index in [9.17, 15) is 0 Å². The molecule has 1 aromatic rings. The van der Waals surface area contributed by atoms with E-state index >= 15 is 0 Å². The first-order valence-electron chi connectivity index (χ1n) is 6.39. The Kier molecular flexibility index (Phi) is 6.30. The highest BCUT2D eigenvalue weighted by atomic mass is 35.5. The Balaban J connectivity index is 2.94. The van der Waals surface area contributed by atoms with Crippen molar-refractivity contribution in [2.24, 2.45) is 0 Å². The SMILES string of the molecule is CCOc1cc(CNC(C)C)cc(Cl)c1OCC. The van der Waals surface area contributed by atoms with Gasteiger partial charge in [0, 0.05) is 12.6 Å². The van der Waals surface area contributed by atoms with Crippen molar-refractivity contribution in [3.63, 3.8) is 0 Å². The second-order valence-corrected chi connectivity index (χ2v) is 4.71. The van der Waals surface area contributed by atoms with E-state index in [1.165, 1.54) is 0 Å². The predicted octanol–water partition coefficient (Wildman–Crippen LogP) is 3.64. The number of rotatable bonds is 7.